The summed E-state index contributed by atoms with van der Waals surface area (Å²) in [5, 5.41) is 6.09. The number of aromatic nitrogens is 1. The van der Waals surface area contributed by atoms with Crippen LogP contribution in [0.15, 0.2) is 42.7 Å². The zero-order valence-corrected chi connectivity index (χ0v) is 14.2. The fraction of sp³-hybridized carbons (Fsp3) is 0.421. The van der Waals surface area contributed by atoms with Crippen LogP contribution in [0.2, 0.25) is 0 Å². The van der Waals surface area contributed by atoms with Crippen molar-refractivity contribution in [3.63, 3.8) is 0 Å². The largest absolute Gasteiger partial charge is 0.416 e. The Bertz CT molecular complexity index is 722. The number of rotatable bonds is 5. The summed E-state index contributed by atoms with van der Waals surface area (Å²) in [7, 11) is 0. The molecule has 0 radical (unpaired) electrons. The van der Waals surface area contributed by atoms with Crippen LogP contribution >= 0.6 is 0 Å². The van der Waals surface area contributed by atoms with Gasteiger partial charge in [0.1, 0.15) is 5.67 Å². The Morgan fingerprint density at radius 2 is 1.58 bits per heavy atom. The molecule has 0 aliphatic heterocycles. The van der Waals surface area contributed by atoms with E-state index in [1.165, 1.54) is 12.1 Å². The van der Waals surface area contributed by atoms with Gasteiger partial charge in [-0.05, 0) is 43.2 Å². The maximum Gasteiger partial charge on any atom is 0.416 e. The number of halogens is 4. The number of nitrogens with one attached hydrogen (secondary N) is 2. The number of anilines is 3. The number of benzene rings is 1. The van der Waals surface area contributed by atoms with Gasteiger partial charge in [0.2, 0.25) is 0 Å². The Balaban J connectivity index is 1.62. The molecular formula is C19H21F4N3. The van der Waals surface area contributed by atoms with Crippen molar-refractivity contribution in [2.24, 2.45) is 0 Å². The molecule has 3 rings (SSSR count). The SMILES string of the molecule is FC1(CNc2cncc(Nc3ccc(C(F)(F)F)cc3)c2)CCCCC1. The number of pyridine rings is 1. The highest BCUT2D eigenvalue weighted by molar-refractivity contribution is 5.63. The van der Waals surface area contributed by atoms with E-state index < -0.39 is 17.4 Å². The molecule has 0 saturated heterocycles. The summed E-state index contributed by atoms with van der Waals surface area (Å²) in [6.45, 7) is 0.235. The van der Waals surface area contributed by atoms with Crippen LogP contribution in [0, 0.1) is 0 Å². The Kier molecular flexibility index (Phi) is 5.34. The lowest BCUT2D eigenvalue weighted by atomic mass is 9.86. The van der Waals surface area contributed by atoms with E-state index >= 15 is 0 Å². The van der Waals surface area contributed by atoms with Crippen molar-refractivity contribution in [3.05, 3.63) is 48.3 Å². The van der Waals surface area contributed by atoms with E-state index in [1.54, 1.807) is 18.5 Å². The summed E-state index contributed by atoms with van der Waals surface area (Å²) < 4.78 is 52.4. The Hall–Kier alpha value is -2.31. The second-order valence-corrected chi connectivity index (χ2v) is 6.73. The number of alkyl halides is 4. The molecule has 7 heteroatoms. The van der Waals surface area contributed by atoms with Gasteiger partial charge in [-0.3, -0.25) is 4.98 Å². The zero-order valence-electron chi connectivity index (χ0n) is 14.2. The third-order valence-corrected chi connectivity index (χ3v) is 4.60. The van der Waals surface area contributed by atoms with Gasteiger partial charge in [-0.15, -0.1) is 0 Å². The molecule has 0 spiro atoms. The topological polar surface area (TPSA) is 37.0 Å². The number of nitrogens with zero attached hydrogens (tertiary/aromatic N) is 1. The highest BCUT2D eigenvalue weighted by atomic mass is 19.4. The molecule has 3 nitrogen and oxygen atoms in total. The van der Waals surface area contributed by atoms with Crippen LogP contribution in [0.25, 0.3) is 0 Å². The van der Waals surface area contributed by atoms with Gasteiger partial charge in [-0.1, -0.05) is 19.3 Å². The number of hydrogen-bond donors (Lipinski definition) is 2. The second-order valence-electron chi connectivity index (χ2n) is 6.73. The van der Waals surface area contributed by atoms with Gasteiger partial charge < -0.3 is 10.6 Å². The van der Waals surface area contributed by atoms with E-state index in [2.05, 4.69) is 15.6 Å². The van der Waals surface area contributed by atoms with Gasteiger partial charge >= 0.3 is 6.18 Å². The summed E-state index contributed by atoms with van der Waals surface area (Å²) in [4.78, 5) is 4.10. The molecule has 140 valence electrons. The third-order valence-electron chi connectivity index (χ3n) is 4.60. The smallest absolute Gasteiger partial charge is 0.381 e. The second kappa shape index (κ2) is 7.51. The van der Waals surface area contributed by atoms with Crippen LogP contribution in [0.3, 0.4) is 0 Å². The summed E-state index contributed by atoms with van der Waals surface area (Å²) in [5.41, 5.74) is -0.0749. The van der Waals surface area contributed by atoms with Gasteiger partial charge in [-0.25, -0.2) is 4.39 Å². The van der Waals surface area contributed by atoms with E-state index in [0.717, 1.165) is 31.4 Å². The average molecular weight is 367 g/mol. The van der Waals surface area contributed by atoms with Crippen LogP contribution in [-0.4, -0.2) is 17.2 Å². The van der Waals surface area contributed by atoms with Gasteiger partial charge in [-0.2, -0.15) is 13.2 Å². The van der Waals surface area contributed by atoms with Crippen LogP contribution in [0.4, 0.5) is 34.6 Å². The molecule has 1 saturated carbocycles. The van der Waals surface area contributed by atoms with Crippen LogP contribution < -0.4 is 10.6 Å². The van der Waals surface area contributed by atoms with Crippen molar-refractivity contribution in [2.75, 3.05) is 17.2 Å². The van der Waals surface area contributed by atoms with Gasteiger partial charge in [0.05, 0.1) is 29.3 Å². The van der Waals surface area contributed by atoms with Crippen LogP contribution in [0.1, 0.15) is 37.7 Å². The maximum atomic E-state index is 14.6. The first kappa shape index (κ1) is 18.5. The quantitative estimate of drug-likeness (QED) is 0.643. The fourth-order valence-corrected chi connectivity index (χ4v) is 3.14. The monoisotopic (exact) mass is 367 g/mol. The predicted molar refractivity (Wildman–Crippen MR) is 94.4 cm³/mol. The summed E-state index contributed by atoms with van der Waals surface area (Å²) in [6.07, 6.45) is 2.84. The first-order valence-corrected chi connectivity index (χ1v) is 8.66. The maximum absolute atomic E-state index is 14.6. The molecule has 1 aliphatic carbocycles. The van der Waals surface area contributed by atoms with Crippen molar-refractivity contribution in [1.82, 2.24) is 4.98 Å². The Morgan fingerprint density at radius 1 is 0.923 bits per heavy atom. The predicted octanol–water partition coefficient (Wildman–Crippen LogP) is 5.93. The van der Waals surface area contributed by atoms with Crippen molar-refractivity contribution in [3.8, 4) is 0 Å². The molecule has 0 amide bonds. The first-order chi connectivity index (χ1) is 12.3. The molecule has 1 aromatic carbocycles. The first-order valence-electron chi connectivity index (χ1n) is 8.66. The molecule has 26 heavy (non-hydrogen) atoms. The van der Waals surface area contributed by atoms with Gasteiger partial charge in [0, 0.05) is 12.2 Å². The number of hydrogen-bond acceptors (Lipinski definition) is 3. The van der Waals surface area contributed by atoms with E-state index in [4.69, 9.17) is 0 Å². The molecule has 0 bridgehead atoms. The van der Waals surface area contributed by atoms with Crippen molar-refractivity contribution < 1.29 is 17.6 Å². The minimum absolute atomic E-state index is 0.235. The zero-order chi connectivity index (χ0) is 18.6. The minimum Gasteiger partial charge on any atom is -0.381 e. The highest BCUT2D eigenvalue weighted by Gasteiger charge is 2.31. The van der Waals surface area contributed by atoms with E-state index in [1.807, 2.05) is 0 Å². The lowest BCUT2D eigenvalue weighted by molar-refractivity contribution is -0.137. The summed E-state index contributed by atoms with van der Waals surface area (Å²) in [5.74, 6) is 0. The fourth-order valence-electron chi connectivity index (χ4n) is 3.14. The van der Waals surface area contributed by atoms with Gasteiger partial charge in [0.25, 0.3) is 0 Å². The molecule has 2 N–H and O–H groups in total. The molecule has 0 unspecified atom stereocenters. The molecule has 1 aromatic heterocycles. The third kappa shape index (κ3) is 4.86. The van der Waals surface area contributed by atoms with Crippen LogP contribution in [-0.2, 0) is 6.18 Å². The van der Waals surface area contributed by atoms with E-state index in [9.17, 15) is 17.6 Å². The molecule has 1 fully saturated rings. The summed E-state index contributed by atoms with van der Waals surface area (Å²) >= 11 is 0. The Labute approximate surface area is 149 Å². The highest BCUT2D eigenvalue weighted by Crippen LogP contribution is 2.32. The van der Waals surface area contributed by atoms with Gasteiger partial charge in [0.15, 0.2) is 0 Å². The minimum atomic E-state index is -4.36. The average Bonchev–Trinajstić information content (AvgIpc) is 2.61. The molecular weight excluding hydrogens is 346 g/mol. The summed E-state index contributed by atoms with van der Waals surface area (Å²) in [6, 6.07) is 6.53. The standard InChI is InChI=1S/C19H21F4N3/c20-18(8-2-1-3-9-18)13-25-16-10-17(12-24-11-16)26-15-6-4-14(5-7-15)19(21,22)23/h4-7,10-12,25-26H,1-3,8-9,13H2. The van der Waals surface area contributed by atoms with Crippen molar-refractivity contribution in [2.45, 2.75) is 43.9 Å². The van der Waals surface area contributed by atoms with Crippen molar-refractivity contribution >= 4 is 17.1 Å². The molecule has 0 atom stereocenters. The normalized spacial score (nSPS) is 16.9. The molecule has 1 aliphatic rings. The Morgan fingerprint density at radius 3 is 2.23 bits per heavy atom. The lowest BCUT2D eigenvalue weighted by Crippen LogP contribution is -2.34. The van der Waals surface area contributed by atoms with Crippen molar-refractivity contribution in [1.29, 1.82) is 0 Å². The molecule has 2 aromatic rings. The van der Waals surface area contributed by atoms with E-state index in [-0.39, 0.29) is 6.54 Å². The molecule has 1 heterocycles. The van der Waals surface area contributed by atoms with E-state index in [0.29, 0.717) is 29.9 Å². The lowest BCUT2D eigenvalue weighted by Gasteiger charge is -2.29. The van der Waals surface area contributed by atoms with Crippen LogP contribution in [0.5, 0.6) is 0 Å².